The SMILES string of the molecule is CN(C)c1cnn(CCCCl)c(=O)c1. The molecule has 0 fully saturated rings. The first-order valence-electron chi connectivity index (χ1n) is 4.45. The standard InChI is InChI=1S/C9H14ClN3O/c1-12(2)8-6-9(14)13(11-7-8)5-3-4-10/h6-7H,3-5H2,1-2H3. The van der Waals surface area contributed by atoms with Gasteiger partial charge in [0.25, 0.3) is 5.56 Å². The van der Waals surface area contributed by atoms with Gasteiger partial charge in [0.05, 0.1) is 11.9 Å². The molecule has 0 unspecified atom stereocenters. The van der Waals surface area contributed by atoms with Crippen LogP contribution in [0.1, 0.15) is 6.42 Å². The number of hydrogen-bond acceptors (Lipinski definition) is 3. The van der Waals surface area contributed by atoms with E-state index >= 15 is 0 Å². The molecule has 0 amide bonds. The molecule has 14 heavy (non-hydrogen) atoms. The Bertz CT molecular complexity index is 348. The van der Waals surface area contributed by atoms with Gasteiger partial charge in [-0.1, -0.05) is 0 Å². The summed E-state index contributed by atoms with van der Waals surface area (Å²) in [6.45, 7) is 0.579. The van der Waals surface area contributed by atoms with Gasteiger partial charge in [0.15, 0.2) is 0 Å². The van der Waals surface area contributed by atoms with Crippen LogP contribution in [0.25, 0.3) is 0 Å². The van der Waals surface area contributed by atoms with E-state index in [-0.39, 0.29) is 5.56 Å². The van der Waals surface area contributed by atoms with Gasteiger partial charge in [0.2, 0.25) is 0 Å². The molecule has 0 radical (unpaired) electrons. The summed E-state index contributed by atoms with van der Waals surface area (Å²) in [6.07, 6.45) is 2.44. The van der Waals surface area contributed by atoms with Crippen LogP contribution in [0.15, 0.2) is 17.1 Å². The van der Waals surface area contributed by atoms with Crippen LogP contribution in [0.3, 0.4) is 0 Å². The summed E-state index contributed by atoms with van der Waals surface area (Å²) < 4.78 is 1.43. The average molecular weight is 216 g/mol. The van der Waals surface area contributed by atoms with Crippen molar-refractivity contribution in [3.63, 3.8) is 0 Å². The molecule has 0 aromatic carbocycles. The fourth-order valence-corrected chi connectivity index (χ4v) is 1.17. The number of aromatic nitrogens is 2. The van der Waals surface area contributed by atoms with E-state index in [1.807, 2.05) is 19.0 Å². The number of hydrogen-bond donors (Lipinski definition) is 0. The molecule has 78 valence electrons. The molecular formula is C9H14ClN3O. The van der Waals surface area contributed by atoms with Crippen molar-refractivity contribution in [2.45, 2.75) is 13.0 Å². The van der Waals surface area contributed by atoms with Gasteiger partial charge in [0.1, 0.15) is 0 Å². The van der Waals surface area contributed by atoms with Gasteiger partial charge in [-0.25, -0.2) is 4.68 Å². The molecule has 0 aliphatic heterocycles. The quantitative estimate of drug-likeness (QED) is 0.702. The monoisotopic (exact) mass is 215 g/mol. The predicted octanol–water partition coefficient (Wildman–Crippen LogP) is 0.938. The molecule has 0 spiro atoms. The molecule has 0 aliphatic rings. The van der Waals surface area contributed by atoms with Crippen LogP contribution in [0.5, 0.6) is 0 Å². The Labute approximate surface area is 88.1 Å². The number of alkyl halides is 1. The predicted molar refractivity (Wildman–Crippen MR) is 58.2 cm³/mol. The number of aryl methyl sites for hydroxylation is 1. The van der Waals surface area contributed by atoms with E-state index in [1.54, 1.807) is 12.3 Å². The summed E-state index contributed by atoms with van der Waals surface area (Å²) in [5, 5.41) is 4.04. The summed E-state index contributed by atoms with van der Waals surface area (Å²) in [5.41, 5.74) is 0.735. The molecular weight excluding hydrogens is 202 g/mol. The van der Waals surface area contributed by atoms with E-state index < -0.39 is 0 Å². The van der Waals surface area contributed by atoms with Gasteiger partial charge < -0.3 is 4.90 Å². The highest BCUT2D eigenvalue weighted by Gasteiger charge is 2.00. The molecule has 0 saturated carbocycles. The van der Waals surface area contributed by atoms with Crippen molar-refractivity contribution in [3.8, 4) is 0 Å². The zero-order chi connectivity index (χ0) is 10.6. The first kappa shape index (κ1) is 11.0. The molecule has 1 aromatic rings. The maximum Gasteiger partial charge on any atom is 0.268 e. The van der Waals surface area contributed by atoms with Crippen molar-refractivity contribution < 1.29 is 0 Å². The fourth-order valence-electron chi connectivity index (χ4n) is 1.05. The van der Waals surface area contributed by atoms with Gasteiger partial charge in [-0.15, -0.1) is 11.6 Å². The minimum atomic E-state index is -0.0821. The fraction of sp³-hybridized carbons (Fsp3) is 0.556. The average Bonchev–Trinajstić information content (AvgIpc) is 2.15. The smallest absolute Gasteiger partial charge is 0.268 e. The molecule has 1 aromatic heterocycles. The van der Waals surface area contributed by atoms with Crippen molar-refractivity contribution in [1.82, 2.24) is 9.78 Å². The van der Waals surface area contributed by atoms with E-state index in [2.05, 4.69) is 5.10 Å². The molecule has 1 heterocycles. The topological polar surface area (TPSA) is 38.1 Å². The third-order valence-corrected chi connectivity index (χ3v) is 2.14. The Balaban J connectivity index is 2.85. The van der Waals surface area contributed by atoms with E-state index in [1.165, 1.54) is 4.68 Å². The summed E-state index contributed by atoms with van der Waals surface area (Å²) in [4.78, 5) is 13.3. The lowest BCUT2D eigenvalue weighted by molar-refractivity contribution is 0.569. The van der Waals surface area contributed by atoms with Gasteiger partial charge in [-0.3, -0.25) is 4.79 Å². The second kappa shape index (κ2) is 5.00. The molecule has 0 N–H and O–H groups in total. The summed E-state index contributed by atoms with van der Waals surface area (Å²) >= 11 is 5.53. The van der Waals surface area contributed by atoms with E-state index in [0.717, 1.165) is 12.1 Å². The summed E-state index contributed by atoms with van der Waals surface area (Å²) in [5.74, 6) is 0.545. The lowest BCUT2D eigenvalue weighted by Gasteiger charge is -2.11. The molecule has 4 nitrogen and oxygen atoms in total. The molecule has 5 heteroatoms. The maximum atomic E-state index is 11.5. The Kier molecular flexibility index (Phi) is 3.95. The van der Waals surface area contributed by atoms with Crippen molar-refractivity contribution in [3.05, 3.63) is 22.6 Å². The second-order valence-electron chi connectivity index (χ2n) is 3.21. The summed E-state index contributed by atoms with van der Waals surface area (Å²) in [7, 11) is 3.75. The Hall–Kier alpha value is -1.03. The van der Waals surface area contributed by atoms with Crippen LogP contribution >= 0.6 is 11.6 Å². The molecule has 0 saturated heterocycles. The van der Waals surface area contributed by atoms with Crippen molar-refractivity contribution in [2.75, 3.05) is 24.9 Å². The number of halogens is 1. The van der Waals surface area contributed by atoms with Crippen molar-refractivity contribution >= 4 is 17.3 Å². The lowest BCUT2D eigenvalue weighted by atomic mass is 10.4. The maximum absolute atomic E-state index is 11.5. The minimum absolute atomic E-state index is 0.0821. The Morgan fingerprint density at radius 3 is 2.79 bits per heavy atom. The molecule has 0 aliphatic carbocycles. The van der Waals surface area contributed by atoms with Crippen LogP contribution in [0, 0.1) is 0 Å². The van der Waals surface area contributed by atoms with Crippen molar-refractivity contribution in [2.24, 2.45) is 0 Å². The summed E-state index contributed by atoms with van der Waals surface area (Å²) in [6, 6.07) is 1.57. The molecule has 0 bridgehead atoms. The highest BCUT2D eigenvalue weighted by Crippen LogP contribution is 2.03. The number of nitrogens with zero attached hydrogens (tertiary/aromatic N) is 3. The van der Waals surface area contributed by atoms with Crippen LogP contribution in [0.4, 0.5) is 5.69 Å². The van der Waals surface area contributed by atoms with Gasteiger partial charge >= 0.3 is 0 Å². The second-order valence-corrected chi connectivity index (χ2v) is 3.59. The highest BCUT2D eigenvalue weighted by atomic mass is 35.5. The van der Waals surface area contributed by atoms with E-state index in [4.69, 9.17) is 11.6 Å². The normalized spacial score (nSPS) is 10.2. The largest absolute Gasteiger partial charge is 0.376 e. The zero-order valence-corrected chi connectivity index (χ0v) is 9.16. The number of anilines is 1. The third-order valence-electron chi connectivity index (χ3n) is 1.88. The molecule has 0 atom stereocenters. The van der Waals surface area contributed by atoms with E-state index in [0.29, 0.717) is 12.4 Å². The number of rotatable bonds is 4. The first-order chi connectivity index (χ1) is 6.65. The van der Waals surface area contributed by atoms with Crippen molar-refractivity contribution in [1.29, 1.82) is 0 Å². The third kappa shape index (κ3) is 2.73. The van der Waals surface area contributed by atoms with Crippen LogP contribution in [-0.2, 0) is 6.54 Å². The van der Waals surface area contributed by atoms with Crippen LogP contribution in [-0.4, -0.2) is 29.8 Å². The minimum Gasteiger partial charge on any atom is -0.376 e. The van der Waals surface area contributed by atoms with Crippen LogP contribution < -0.4 is 10.5 Å². The Morgan fingerprint density at radius 1 is 1.57 bits per heavy atom. The first-order valence-corrected chi connectivity index (χ1v) is 4.99. The van der Waals surface area contributed by atoms with Gasteiger partial charge in [0, 0.05) is 32.6 Å². The lowest BCUT2D eigenvalue weighted by Crippen LogP contribution is -2.24. The van der Waals surface area contributed by atoms with Gasteiger partial charge in [-0.05, 0) is 6.42 Å². The Morgan fingerprint density at radius 2 is 2.29 bits per heavy atom. The zero-order valence-electron chi connectivity index (χ0n) is 8.40. The highest BCUT2D eigenvalue weighted by molar-refractivity contribution is 6.17. The molecule has 1 rings (SSSR count). The van der Waals surface area contributed by atoms with Crippen LogP contribution in [0.2, 0.25) is 0 Å². The van der Waals surface area contributed by atoms with E-state index in [9.17, 15) is 4.79 Å². The van der Waals surface area contributed by atoms with Gasteiger partial charge in [-0.2, -0.15) is 5.10 Å².